The number of hydrogen-bond donors (Lipinski definition) is 2. The van der Waals surface area contributed by atoms with Gasteiger partial charge in [-0.25, -0.2) is 0 Å². The zero-order valence-electron chi connectivity index (χ0n) is 23.2. The molecule has 3 nitrogen and oxygen atoms in total. The second-order valence-electron chi connectivity index (χ2n) is 10.5. The van der Waals surface area contributed by atoms with E-state index in [1.807, 2.05) is 0 Å². The summed E-state index contributed by atoms with van der Waals surface area (Å²) in [7, 11) is 0. The third-order valence-electron chi connectivity index (χ3n) is 7.01. The van der Waals surface area contributed by atoms with Crippen LogP contribution in [-0.4, -0.2) is 10.2 Å². The number of fused-ring (bicyclic) bond motifs is 1. The quantitative estimate of drug-likeness (QED) is 0.230. The lowest BCUT2D eigenvalue weighted by molar-refractivity contribution is 0.834. The summed E-state index contributed by atoms with van der Waals surface area (Å²) in [5, 5.41) is 9.06. The number of rotatable bonds is 9. The Balaban J connectivity index is 1.90. The number of H-pyrrole nitrogens is 1. The molecule has 3 N–H and O–H groups in total. The van der Waals surface area contributed by atoms with Gasteiger partial charge in [-0.15, -0.1) is 0 Å². The fourth-order valence-electron chi connectivity index (χ4n) is 4.96. The third-order valence-corrected chi connectivity index (χ3v) is 7.01. The van der Waals surface area contributed by atoms with Gasteiger partial charge in [-0.3, -0.25) is 5.10 Å². The number of nitrogens with zero attached hydrogens (tertiary/aromatic N) is 1. The van der Waals surface area contributed by atoms with Crippen LogP contribution in [0.15, 0.2) is 72.8 Å². The predicted octanol–water partition coefficient (Wildman–Crippen LogP) is 8.91. The Kier molecular flexibility index (Phi) is 8.45. The lowest BCUT2D eigenvalue weighted by atomic mass is 9.84. The van der Waals surface area contributed by atoms with E-state index in [-0.39, 0.29) is 0 Å². The molecule has 0 aliphatic heterocycles. The summed E-state index contributed by atoms with van der Waals surface area (Å²) in [5.41, 5.74) is 18.0. The number of benzene rings is 3. The molecule has 1 heterocycles. The van der Waals surface area contributed by atoms with Gasteiger partial charge in [0.15, 0.2) is 0 Å². The lowest BCUT2D eigenvalue weighted by Gasteiger charge is -2.20. The van der Waals surface area contributed by atoms with Gasteiger partial charge >= 0.3 is 0 Å². The second-order valence-corrected chi connectivity index (χ2v) is 10.5. The molecule has 0 aliphatic rings. The summed E-state index contributed by atoms with van der Waals surface area (Å²) in [6, 6.07) is 22.1. The van der Waals surface area contributed by atoms with Gasteiger partial charge in [0.2, 0.25) is 0 Å². The third kappa shape index (κ3) is 5.78. The zero-order chi connectivity index (χ0) is 26.5. The standard InChI is InChI=1S/C34H41N3/c1-7-9-29(31-19-27(23(5)6)15-14-25(31)8-2)30(18-22(3)4)28-16-17-33-32(20-28)34(37-36-33)26-12-10-24(21-35)11-13-26/h9-20,22-23H,7-8,21,35H2,1-6H3,(H,36,37)/b29-9-,30-18-. The van der Waals surface area contributed by atoms with E-state index in [0.717, 1.165) is 40.6 Å². The van der Waals surface area contributed by atoms with Gasteiger partial charge in [-0.2, -0.15) is 5.10 Å². The topological polar surface area (TPSA) is 54.7 Å². The lowest BCUT2D eigenvalue weighted by Crippen LogP contribution is -2.00. The molecule has 3 heteroatoms. The van der Waals surface area contributed by atoms with Crippen LogP contribution < -0.4 is 5.73 Å². The zero-order valence-corrected chi connectivity index (χ0v) is 23.2. The maximum atomic E-state index is 5.82. The molecule has 37 heavy (non-hydrogen) atoms. The number of aromatic nitrogens is 2. The summed E-state index contributed by atoms with van der Waals surface area (Å²) in [6.45, 7) is 14.1. The molecule has 0 saturated carbocycles. The van der Waals surface area contributed by atoms with Gasteiger partial charge in [0.25, 0.3) is 0 Å². The van der Waals surface area contributed by atoms with E-state index in [4.69, 9.17) is 5.73 Å². The number of hydrogen-bond acceptors (Lipinski definition) is 2. The second kappa shape index (κ2) is 11.7. The molecule has 0 radical (unpaired) electrons. The van der Waals surface area contributed by atoms with Gasteiger partial charge < -0.3 is 5.73 Å². The Labute approximate surface area is 222 Å². The highest BCUT2D eigenvalue weighted by Gasteiger charge is 2.17. The average molecular weight is 492 g/mol. The first-order chi connectivity index (χ1) is 17.9. The highest BCUT2D eigenvalue weighted by Crippen LogP contribution is 2.38. The maximum Gasteiger partial charge on any atom is 0.0999 e. The molecule has 3 aromatic carbocycles. The minimum Gasteiger partial charge on any atom is -0.326 e. The Hall–Kier alpha value is -3.43. The first-order valence-electron chi connectivity index (χ1n) is 13.7. The van der Waals surface area contributed by atoms with E-state index in [1.165, 1.54) is 33.4 Å². The average Bonchev–Trinajstić information content (AvgIpc) is 3.33. The number of aromatic amines is 1. The van der Waals surface area contributed by atoms with Gasteiger partial charge in [0, 0.05) is 17.5 Å². The molecule has 0 atom stereocenters. The van der Waals surface area contributed by atoms with Crippen molar-refractivity contribution in [2.75, 3.05) is 0 Å². The summed E-state index contributed by atoms with van der Waals surface area (Å²) in [5.74, 6) is 0.900. The Morgan fingerprint density at radius 3 is 2.30 bits per heavy atom. The van der Waals surface area contributed by atoms with Crippen molar-refractivity contribution in [1.29, 1.82) is 0 Å². The van der Waals surface area contributed by atoms with Crippen molar-refractivity contribution in [3.8, 4) is 11.3 Å². The first-order valence-corrected chi connectivity index (χ1v) is 13.7. The van der Waals surface area contributed by atoms with Crippen LogP contribution in [0.1, 0.15) is 81.7 Å². The van der Waals surface area contributed by atoms with Crippen molar-refractivity contribution in [2.24, 2.45) is 11.7 Å². The van der Waals surface area contributed by atoms with Crippen LogP contribution in [-0.2, 0) is 13.0 Å². The molecule has 0 aliphatic carbocycles. The van der Waals surface area contributed by atoms with Gasteiger partial charge in [-0.1, -0.05) is 102 Å². The monoisotopic (exact) mass is 491 g/mol. The van der Waals surface area contributed by atoms with Crippen molar-refractivity contribution in [3.63, 3.8) is 0 Å². The number of aryl methyl sites for hydroxylation is 1. The van der Waals surface area contributed by atoms with Crippen LogP contribution in [0.4, 0.5) is 0 Å². The molecule has 0 spiro atoms. The number of nitrogens with two attached hydrogens (primary N) is 1. The largest absolute Gasteiger partial charge is 0.326 e. The minimum absolute atomic E-state index is 0.414. The van der Waals surface area contributed by atoms with Crippen molar-refractivity contribution in [2.45, 2.75) is 66.8 Å². The fraction of sp³-hybridized carbons (Fsp3) is 0.324. The van der Waals surface area contributed by atoms with Crippen LogP contribution >= 0.6 is 0 Å². The van der Waals surface area contributed by atoms with Gasteiger partial charge in [0.1, 0.15) is 0 Å². The normalized spacial score (nSPS) is 12.8. The Morgan fingerprint density at radius 2 is 1.68 bits per heavy atom. The van der Waals surface area contributed by atoms with Crippen LogP contribution in [0.2, 0.25) is 0 Å². The van der Waals surface area contributed by atoms with Crippen LogP contribution in [0.3, 0.4) is 0 Å². The molecule has 4 aromatic rings. The Bertz CT molecular complexity index is 1420. The van der Waals surface area contributed by atoms with Crippen LogP contribution in [0, 0.1) is 5.92 Å². The van der Waals surface area contributed by atoms with Crippen molar-refractivity contribution < 1.29 is 0 Å². The van der Waals surface area contributed by atoms with Crippen molar-refractivity contribution >= 4 is 22.0 Å². The van der Waals surface area contributed by atoms with Crippen LogP contribution in [0.25, 0.3) is 33.3 Å². The summed E-state index contributed by atoms with van der Waals surface area (Å²) >= 11 is 0. The van der Waals surface area contributed by atoms with Crippen molar-refractivity contribution in [3.05, 3.63) is 101 Å². The van der Waals surface area contributed by atoms with E-state index in [0.29, 0.717) is 18.4 Å². The SMILES string of the molecule is CC/C=C(/C(=C\C(C)C)c1ccc2[nH]nc(-c3ccc(CN)cc3)c2c1)c1cc(C(C)C)ccc1CC. The summed E-state index contributed by atoms with van der Waals surface area (Å²) in [6.07, 6.45) is 6.80. The Morgan fingerprint density at radius 1 is 0.919 bits per heavy atom. The first kappa shape index (κ1) is 26.6. The summed E-state index contributed by atoms with van der Waals surface area (Å²) < 4.78 is 0. The molecular formula is C34H41N3. The van der Waals surface area contributed by atoms with E-state index in [9.17, 15) is 0 Å². The molecular weight excluding hydrogens is 450 g/mol. The van der Waals surface area contributed by atoms with Crippen LogP contribution in [0.5, 0.6) is 0 Å². The predicted molar refractivity (Wildman–Crippen MR) is 160 cm³/mol. The fourth-order valence-corrected chi connectivity index (χ4v) is 4.96. The molecule has 0 bridgehead atoms. The smallest absolute Gasteiger partial charge is 0.0999 e. The van der Waals surface area contributed by atoms with Gasteiger partial charge in [0.05, 0.1) is 11.2 Å². The van der Waals surface area contributed by atoms with Crippen molar-refractivity contribution in [1.82, 2.24) is 10.2 Å². The molecule has 0 saturated heterocycles. The van der Waals surface area contributed by atoms with E-state index in [2.05, 4.69) is 125 Å². The number of nitrogens with one attached hydrogen (secondary N) is 1. The maximum absolute atomic E-state index is 5.82. The van der Waals surface area contributed by atoms with E-state index >= 15 is 0 Å². The molecule has 192 valence electrons. The number of allylic oxidation sites excluding steroid dienone is 4. The molecule has 4 rings (SSSR count). The highest BCUT2D eigenvalue weighted by molar-refractivity contribution is 6.07. The van der Waals surface area contributed by atoms with E-state index in [1.54, 1.807) is 0 Å². The summed E-state index contributed by atoms with van der Waals surface area (Å²) in [4.78, 5) is 0. The minimum atomic E-state index is 0.414. The molecule has 1 aromatic heterocycles. The molecule has 0 fully saturated rings. The molecule has 0 amide bonds. The van der Waals surface area contributed by atoms with E-state index < -0.39 is 0 Å². The highest BCUT2D eigenvalue weighted by atomic mass is 15.1. The molecule has 0 unspecified atom stereocenters. The van der Waals surface area contributed by atoms with Gasteiger partial charge in [-0.05, 0) is 75.8 Å².